The number of likely N-dealkylation sites (tertiary alicyclic amines) is 1. The van der Waals surface area contributed by atoms with Gasteiger partial charge in [-0.1, -0.05) is 39.8 Å². The number of nitrogens with zero attached hydrogens (tertiary/aromatic N) is 5. The van der Waals surface area contributed by atoms with E-state index >= 15 is 0 Å². The fourth-order valence-corrected chi connectivity index (χ4v) is 4.93. The summed E-state index contributed by atoms with van der Waals surface area (Å²) < 4.78 is 2.08. The highest BCUT2D eigenvalue weighted by atomic mass is 16.2. The lowest BCUT2D eigenvalue weighted by Gasteiger charge is -2.30. The molecule has 0 aliphatic carbocycles. The minimum atomic E-state index is 0.0582. The molecule has 4 rings (SSSR count). The van der Waals surface area contributed by atoms with E-state index in [9.17, 15) is 10.1 Å². The Labute approximate surface area is 214 Å². The molecule has 36 heavy (non-hydrogen) atoms. The molecule has 3 aromatic rings. The Hall–Kier alpha value is -3.21. The molecule has 190 valence electrons. The average molecular weight is 487 g/mol. The highest BCUT2D eigenvalue weighted by Crippen LogP contribution is 2.28. The number of aromatic nitrogens is 2. The summed E-state index contributed by atoms with van der Waals surface area (Å²) in [5.41, 5.74) is 11.2. The van der Waals surface area contributed by atoms with Gasteiger partial charge >= 0.3 is 0 Å². The van der Waals surface area contributed by atoms with Gasteiger partial charge in [-0.05, 0) is 48.9 Å². The molecule has 1 aromatic carbocycles. The molecule has 1 fully saturated rings. The van der Waals surface area contributed by atoms with E-state index in [1.165, 1.54) is 0 Å². The Morgan fingerprint density at radius 2 is 1.72 bits per heavy atom. The van der Waals surface area contributed by atoms with Crippen molar-refractivity contribution in [1.82, 2.24) is 19.2 Å². The van der Waals surface area contributed by atoms with Crippen molar-refractivity contribution >= 4 is 11.6 Å². The van der Waals surface area contributed by atoms with Gasteiger partial charge in [0.05, 0.1) is 28.6 Å². The van der Waals surface area contributed by atoms with Crippen LogP contribution in [0.25, 0.3) is 16.9 Å². The van der Waals surface area contributed by atoms with Crippen LogP contribution in [0.3, 0.4) is 0 Å². The summed E-state index contributed by atoms with van der Waals surface area (Å²) in [7, 11) is 0. The van der Waals surface area contributed by atoms with Gasteiger partial charge in [-0.15, -0.1) is 0 Å². The number of amides is 1. The summed E-state index contributed by atoms with van der Waals surface area (Å²) in [6.45, 7) is 12.7. The fourth-order valence-electron chi connectivity index (χ4n) is 4.93. The zero-order valence-corrected chi connectivity index (χ0v) is 21.9. The van der Waals surface area contributed by atoms with E-state index in [-0.39, 0.29) is 11.9 Å². The Bertz CT molecular complexity index is 1220. The molecule has 0 atom stereocenters. The number of nitriles is 1. The first-order chi connectivity index (χ1) is 17.2. The second-order valence-corrected chi connectivity index (χ2v) is 10.9. The topological polar surface area (TPSA) is 90.7 Å². The van der Waals surface area contributed by atoms with Gasteiger partial charge in [0.15, 0.2) is 0 Å². The predicted molar refractivity (Wildman–Crippen MR) is 143 cm³/mol. The van der Waals surface area contributed by atoms with Gasteiger partial charge in [0.2, 0.25) is 0 Å². The highest BCUT2D eigenvalue weighted by molar-refractivity contribution is 5.94. The minimum absolute atomic E-state index is 0.0582. The maximum Gasteiger partial charge on any atom is 0.255 e. The van der Waals surface area contributed by atoms with Gasteiger partial charge in [0, 0.05) is 50.5 Å². The Kier molecular flexibility index (Phi) is 8.07. The number of carbonyl (C=O) groups is 1. The van der Waals surface area contributed by atoms with Crippen molar-refractivity contribution in [1.29, 1.82) is 5.26 Å². The molecule has 0 saturated carbocycles. The van der Waals surface area contributed by atoms with Crippen LogP contribution in [-0.2, 0) is 6.54 Å². The maximum absolute atomic E-state index is 13.6. The quantitative estimate of drug-likeness (QED) is 0.504. The zero-order chi connectivity index (χ0) is 25.8. The van der Waals surface area contributed by atoms with Crippen molar-refractivity contribution in [3.05, 3.63) is 59.4 Å². The first kappa shape index (κ1) is 25.9. The number of piperidine rings is 1. The van der Waals surface area contributed by atoms with Crippen LogP contribution in [0.2, 0.25) is 0 Å². The van der Waals surface area contributed by atoms with Crippen LogP contribution in [-0.4, -0.2) is 57.3 Å². The minimum Gasteiger partial charge on any atom is -0.338 e. The summed E-state index contributed by atoms with van der Waals surface area (Å²) in [6, 6.07) is 13.8. The lowest BCUT2D eigenvalue weighted by molar-refractivity contribution is 0.0714. The third-order valence-corrected chi connectivity index (χ3v) is 6.72. The van der Waals surface area contributed by atoms with Crippen molar-refractivity contribution in [3.63, 3.8) is 0 Å². The molecular weight excluding hydrogens is 448 g/mol. The van der Waals surface area contributed by atoms with E-state index in [2.05, 4.69) is 43.1 Å². The van der Waals surface area contributed by atoms with E-state index in [0.717, 1.165) is 68.2 Å². The summed E-state index contributed by atoms with van der Waals surface area (Å²) >= 11 is 0. The number of nitrogens with two attached hydrogens (primary N) is 1. The molecule has 7 nitrogen and oxygen atoms in total. The number of carbonyl (C=O) groups excluding carboxylic acids is 1. The number of pyridine rings is 1. The summed E-state index contributed by atoms with van der Waals surface area (Å²) in [5.74, 6) is 0.852. The van der Waals surface area contributed by atoms with Gasteiger partial charge in [-0.3, -0.25) is 9.69 Å². The second kappa shape index (κ2) is 11.2. The monoisotopic (exact) mass is 486 g/mol. The molecule has 3 heterocycles. The molecule has 0 spiro atoms. The van der Waals surface area contributed by atoms with Crippen molar-refractivity contribution in [2.45, 2.75) is 53.1 Å². The van der Waals surface area contributed by atoms with Crippen LogP contribution in [0.5, 0.6) is 0 Å². The van der Waals surface area contributed by atoms with E-state index < -0.39 is 0 Å². The Morgan fingerprint density at radius 3 is 2.31 bits per heavy atom. The molecule has 7 heteroatoms. The molecule has 1 saturated heterocycles. The van der Waals surface area contributed by atoms with Crippen molar-refractivity contribution in [3.8, 4) is 17.3 Å². The molecule has 1 aliphatic heterocycles. The molecule has 2 aromatic heterocycles. The smallest absolute Gasteiger partial charge is 0.255 e. The summed E-state index contributed by atoms with van der Waals surface area (Å²) in [4.78, 5) is 22.9. The van der Waals surface area contributed by atoms with E-state index in [4.69, 9.17) is 10.7 Å². The lowest BCUT2D eigenvalue weighted by Crippen LogP contribution is -2.39. The SMILES string of the molecule is CC(C)CN(CC(C)C)C(=O)c1ccc2nc(-c3ccc(C#N)cc3)c(CN3CCC(N)CC3)n2c1. The van der Waals surface area contributed by atoms with E-state index in [1.54, 1.807) is 0 Å². The predicted octanol–water partition coefficient (Wildman–Crippen LogP) is 4.55. The van der Waals surface area contributed by atoms with E-state index in [1.807, 2.05) is 47.5 Å². The number of hydrogen-bond acceptors (Lipinski definition) is 5. The number of hydrogen-bond donors (Lipinski definition) is 1. The van der Waals surface area contributed by atoms with Crippen LogP contribution in [0.15, 0.2) is 42.6 Å². The second-order valence-electron chi connectivity index (χ2n) is 10.9. The molecule has 0 bridgehead atoms. The summed E-state index contributed by atoms with van der Waals surface area (Å²) in [6.07, 6.45) is 3.91. The molecule has 1 aliphatic rings. The fraction of sp³-hybridized carbons (Fsp3) is 0.483. The first-order valence-corrected chi connectivity index (χ1v) is 13.0. The van der Waals surface area contributed by atoms with Gasteiger partial charge in [-0.25, -0.2) is 4.98 Å². The van der Waals surface area contributed by atoms with Crippen LogP contribution in [0, 0.1) is 23.2 Å². The van der Waals surface area contributed by atoms with Gasteiger partial charge in [0.1, 0.15) is 5.65 Å². The maximum atomic E-state index is 13.6. The molecule has 0 radical (unpaired) electrons. The van der Waals surface area contributed by atoms with Gasteiger partial charge < -0.3 is 15.0 Å². The van der Waals surface area contributed by atoms with Gasteiger partial charge in [-0.2, -0.15) is 5.26 Å². The van der Waals surface area contributed by atoms with Crippen LogP contribution < -0.4 is 5.73 Å². The number of rotatable bonds is 8. The Balaban J connectivity index is 1.75. The summed E-state index contributed by atoms with van der Waals surface area (Å²) in [5, 5.41) is 9.22. The Morgan fingerprint density at radius 1 is 1.08 bits per heavy atom. The number of imidazole rings is 1. The normalized spacial score (nSPS) is 15.1. The lowest BCUT2D eigenvalue weighted by atomic mass is 10.0. The molecular formula is C29H38N6O. The van der Waals surface area contributed by atoms with E-state index in [0.29, 0.717) is 23.0 Å². The third-order valence-electron chi connectivity index (χ3n) is 6.72. The number of benzene rings is 1. The standard InChI is InChI=1S/C29H38N6O/c1-20(2)16-34(17-21(3)4)29(36)24-9-10-27-32-28(23-7-5-22(15-30)6-8-23)26(35(27)18-24)19-33-13-11-25(31)12-14-33/h5-10,18,20-21,25H,11-14,16-17,19,31H2,1-4H3. The zero-order valence-electron chi connectivity index (χ0n) is 21.9. The average Bonchev–Trinajstić information content (AvgIpc) is 3.21. The van der Waals surface area contributed by atoms with Crippen molar-refractivity contribution < 1.29 is 4.79 Å². The van der Waals surface area contributed by atoms with Crippen LogP contribution >= 0.6 is 0 Å². The third kappa shape index (κ3) is 5.95. The van der Waals surface area contributed by atoms with Crippen molar-refractivity contribution in [2.24, 2.45) is 17.6 Å². The van der Waals surface area contributed by atoms with Crippen LogP contribution in [0.4, 0.5) is 0 Å². The largest absolute Gasteiger partial charge is 0.338 e. The molecule has 0 unspecified atom stereocenters. The van der Waals surface area contributed by atoms with Crippen molar-refractivity contribution in [2.75, 3.05) is 26.2 Å². The van der Waals surface area contributed by atoms with Gasteiger partial charge in [0.25, 0.3) is 5.91 Å². The first-order valence-electron chi connectivity index (χ1n) is 13.0. The molecule has 2 N–H and O–H groups in total. The highest BCUT2D eigenvalue weighted by Gasteiger charge is 2.23. The van der Waals surface area contributed by atoms with Crippen LogP contribution in [0.1, 0.15) is 62.2 Å². The number of fused-ring (bicyclic) bond motifs is 1. The molecule has 1 amide bonds.